The predicted octanol–water partition coefficient (Wildman–Crippen LogP) is 3.87. The van der Waals surface area contributed by atoms with Crippen LogP contribution < -0.4 is 11.2 Å². The first-order valence-electron chi connectivity index (χ1n) is 9.05. The van der Waals surface area contributed by atoms with Crippen LogP contribution >= 0.6 is 11.8 Å². The highest BCUT2D eigenvalue weighted by Gasteiger charge is 2.14. The molecule has 0 aliphatic carbocycles. The monoisotopic (exact) mass is 399 g/mol. The van der Waals surface area contributed by atoms with Crippen molar-refractivity contribution in [3.63, 3.8) is 0 Å². The number of carbonyl (C=O) groups is 1. The average molecular weight is 399 g/mol. The summed E-state index contributed by atoms with van der Waals surface area (Å²) < 4.78 is 14.6. The third kappa shape index (κ3) is 5.10. The van der Waals surface area contributed by atoms with Crippen molar-refractivity contribution in [2.45, 2.75) is 31.3 Å². The van der Waals surface area contributed by atoms with Crippen LogP contribution in [0.25, 0.3) is 11.4 Å². The van der Waals surface area contributed by atoms with Gasteiger partial charge in [-0.2, -0.15) is 0 Å². The van der Waals surface area contributed by atoms with Crippen LogP contribution in [-0.4, -0.2) is 26.5 Å². The maximum atomic E-state index is 13.4. The highest BCUT2D eigenvalue weighted by molar-refractivity contribution is 7.99. The van der Waals surface area contributed by atoms with Crippen LogP contribution in [0.3, 0.4) is 0 Å². The lowest BCUT2D eigenvalue weighted by molar-refractivity contribution is -0.113. The Hall–Kier alpha value is -2.87. The number of carbonyl (C=O) groups excluding carboxylic acids is 1. The summed E-state index contributed by atoms with van der Waals surface area (Å²) in [7, 11) is 0. The third-order valence-electron chi connectivity index (χ3n) is 4.14. The molecule has 0 saturated heterocycles. The van der Waals surface area contributed by atoms with Gasteiger partial charge in [-0.1, -0.05) is 49.4 Å². The average Bonchev–Trinajstić information content (AvgIpc) is 3.06. The number of nitrogens with one attached hydrogen (secondary N) is 1. The summed E-state index contributed by atoms with van der Waals surface area (Å²) in [5, 5.41) is 11.2. The summed E-state index contributed by atoms with van der Waals surface area (Å²) in [5.41, 5.74) is 2.53. The van der Waals surface area contributed by atoms with E-state index in [1.165, 1.54) is 34.1 Å². The molecule has 0 aliphatic heterocycles. The minimum atomic E-state index is -0.380. The minimum absolute atomic E-state index is 0.135. The summed E-state index contributed by atoms with van der Waals surface area (Å²) >= 11 is 1.17. The van der Waals surface area contributed by atoms with Crippen molar-refractivity contribution < 1.29 is 9.18 Å². The first-order chi connectivity index (χ1) is 13.6. The SMILES string of the molecule is CCCCc1ccc(NC(=O)CSc2nnc(-c3cccc(F)c3)n2N)cc1. The Morgan fingerprint density at radius 2 is 2.00 bits per heavy atom. The van der Waals surface area contributed by atoms with Gasteiger partial charge < -0.3 is 11.2 Å². The second kappa shape index (κ2) is 9.36. The van der Waals surface area contributed by atoms with Gasteiger partial charge in [-0.15, -0.1) is 10.2 Å². The Morgan fingerprint density at radius 3 is 2.71 bits per heavy atom. The number of nitrogens with zero attached hydrogens (tertiary/aromatic N) is 3. The fourth-order valence-corrected chi connectivity index (χ4v) is 3.32. The highest BCUT2D eigenvalue weighted by Crippen LogP contribution is 2.22. The number of halogens is 1. The lowest BCUT2D eigenvalue weighted by Gasteiger charge is -2.07. The van der Waals surface area contributed by atoms with Gasteiger partial charge in [0.05, 0.1) is 5.75 Å². The Kier molecular flexibility index (Phi) is 6.65. The molecule has 0 fully saturated rings. The number of benzene rings is 2. The number of rotatable bonds is 8. The largest absolute Gasteiger partial charge is 0.335 e. The molecule has 1 heterocycles. The molecule has 0 saturated carbocycles. The summed E-state index contributed by atoms with van der Waals surface area (Å²) in [5.74, 6) is 5.93. The molecule has 0 spiro atoms. The maximum absolute atomic E-state index is 13.4. The molecule has 0 radical (unpaired) electrons. The van der Waals surface area contributed by atoms with Crippen LogP contribution in [0.2, 0.25) is 0 Å². The molecular weight excluding hydrogens is 377 g/mol. The minimum Gasteiger partial charge on any atom is -0.335 e. The molecule has 6 nitrogen and oxygen atoms in total. The lowest BCUT2D eigenvalue weighted by atomic mass is 10.1. The fourth-order valence-electron chi connectivity index (χ4n) is 2.66. The molecule has 0 unspecified atom stereocenters. The van der Waals surface area contributed by atoms with E-state index >= 15 is 0 Å². The summed E-state index contributed by atoms with van der Waals surface area (Å²) in [6.07, 6.45) is 3.35. The molecule has 3 aromatic rings. The second-order valence-corrected chi connectivity index (χ2v) is 7.27. The zero-order valence-corrected chi connectivity index (χ0v) is 16.4. The number of aromatic nitrogens is 3. The molecule has 0 bridgehead atoms. The lowest BCUT2D eigenvalue weighted by Crippen LogP contribution is -2.16. The van der Waals surface area contributed by atoms with Crippen molar-refractivity contribution in [2.24, 2.45) is 0 Å². The highest BCUT2D eigenvalue weighted by atomic mass is 32.2. The number of hydrogen-bond donors (Lipinski definition) is 2. The number of nitrogen functional groups attached to an aromatic ring is 1. The molecule has 28 heavy (non-hydrogen) atoms. The smallest absolute Gasteiger partial charge is 0.234 e. The van der Waals surface area contributed by atoms with E-state index in [1.54, 1.807) is 12.1 Å². The van der Waals surface area contributed by atoms with E-state index in [9.17, 15) is 9.18 Å². The summed E-state index contributed by atoms with van der Waals surface area (Å²) in [6.45, 7) is 2.16. The van der Waals surface area contributed by atoms with E-state index in [-0.39, 0.29) is 17.5 Å². The second-order valence-electron chi connectivity index (χ2n) is 6.32. The number of hydrogen-bond acceptors (Lipinski definition) is 5. The Labute approximate surface area is 167 Å². The summed E-state index contributed by atoms with van der Waals surface area (Å²) in [6, 6.07) is 13.8. The molecule has 3 rings (SSSR count). The van der Waals surface area contributed by atoms with Gasteiger partial charge in [-0.05, 0) is 42.7 Å². The number of nitrogens with two attached hydrogens (primary N) is 1. The van der Waals surface area contributed by atoms with E-state index < -0.39 is 0 Å². The van der Waals surface area contributed by atoms with Crippen molar-refractivity contribution in [3.05, 3.63) is 59.9 Å². The van der Waals surface area contributed by atoms with Gasteiger partial charge in [-0.25, -0.2) is 9.07 Å². The molecule has 0 atom stereocenters. The van der Waals surface area contributed by atoms with Crippen LogP contribution in [0.4, 0.5) is 10.1 Å². The Bertz CT molecular complexity index is 942. The first-order valence-corrected chi connectivity index (χ1v) is 10.0. The molecule has 3 N–H and O–H groups in total. The van der Waals surface area contributed by atoms with Gasteiger partial charge in [0, 0.05) is 11.3 Å². The van der Waals surface area contributed by atoms with Crippen molar-refractivity contribution in [1.82, 2.24) is 14.9 Å². The Morgan fingerprint density at radius 1 is 1.21 bits per heavy atom. The zero-order valence-electron chi connectivity index (χ0n) is 15.6. The number of amides is 1. The van der Waals surface area contributed by atoms with Gasteiger partial charge in [0.2, 0.25) is 11.1 Å². The molecule has 2 aromatic carbocycles. The standard InChI is InChI=1S/C20H22FN5OS/c1-2-3-5-14-8-10-17(11-9-14)23-18(27)13-28-20-25-24-19(26(20)22)15-6-4-7-16(21)12-15/h4,6-12H,2-3,5,13,22H2,1H3,(H,23,27). The topological polar surface area (TPSA) is 85.8 Å². The van der Waals surface area contributed by atoms with Gasteiger partial charge in [0.15, 0.2) is 5.82 Å². The van der Waals surface area contributed by atoms with Crippen LogP contribution in [-0.2, 0) is 11.2 Å². The number of anilines is 1. The zero-order chi connectivity index (χ0) is 19.9. The predicted molar refractivity (Wildman–Crippen MR) is 110 cm³/mol. The molecule has 0 aliphatic rings. The molecule has 8 heteroatoms. The van der Waals surface area contributed by atoms with E-state index in [0.29, 0.717) is 16.5 Å². The molecular formula is C20H22FN5OS. The van der Waals surface area contributed by atoms with Gasteiger partial charge in [-0.3, -0.25) is 4.79 Å². The maximum Gasteiger partial charge on any atom is 0.234 e. The van der Waals surface area contributed by atoms with Crippen LogP contribution in [0.15, 0.2) is 53.7 Å². The van der Waals surface area contributed by atoms with E-state index in [2.05, 4.69) is 22.4 Å². The van der Waals surface area contributed by atoms with Crippen LogP contribution in [0, 0.1) is 5.82 Å². The summed E-state index contributed by atoms with van der Waals surface area (Å²) in [4.78, 5) is 12.2. The van der Waals surface area contributed by atoms with Gasteiger partial charge in [0.1, 0.15) is 5.82 Å². The molecule has 1 aromatic heterocycles. The first kappa shape index (κ1) is 19.9. The van der Waals surface area contributed by atoms with Crippen molar-refractivity contribution >= 4 is 23.4 Å². The van der Waals surface area contributed by atoms with E-state index in [4.69, 9.17) is 5.84 Å². The van der Waals surface area contributed by atoms with Crippen LogP contribution in [0.1, 0.15) is 25.3 Å². The van der Waals surface area contributed by atoms with Crippen molar-refractivity contribution in [2.75, 3.05) is 16.9 Å². The van der Waals surface area contributed by atoms with Gasteiger partial charge in [0.25, 0.3) is 0 Å². The quantitative estimate of drug-likeness (QED) is 0.444. The van der Waals surface area contributed by atoms with Crippen LogP contribution in [0.5, 0.6) is 0 Å². The van der Waals surface area contributed by atoms with Crippen molar-refractivity contribution in [1.29, 1.82) is 0 Å². The fraction of sp³-hybridized carbons (Fsp3) is 0.250. The number of unbranched alkanes of at least 4 members (excludes halogenated alkanes) is 1. The van der Waals surface area contributed by atoms with E-state index in [1.807, 2.05) is 24.3 Å². The Balaban J connectivity index is 1.56. The van der Waals surface area contributed by atoms with Crippen molar-refractivity contribution in [3.8, 4) is 11.4 Å². The van der Waals surface area contributed by atoms with E-state index in [0.717, 1.165) is 24.9 Å². The molecule has 1 amide bonds. The number of aryl methyl sites for hydroxylation is 1. The van der Waals surface area contributed by atoms with Gasteiger partial charge >= 0.3 is 0 Å². The third-order valence-corrected chi connectivity index (χ3v) is 5.08. The molecule has 146 valence electrons. The number of thioether (sulfide) groups is 1. The normalized spacial score (nSPS) is 10.8.